The lowest BCUT2D eigenvalue weighted by atomic mass is 9.85. The van der Waals surface area contributed by atoms with E-state index in [2.05, 4.69) is 0 Å². The minimum Gasteiger partial charge on any atom is -0.457 e. The van der Waals surface area contributed by atoms with Crippen LogP contribution in [0.4, 0.5) is 39.5 Å². The Bertz CT molecular complexity index is 1970. The van der Waals surface area contributed by atoms with Crippen LogP contribution in [0.5, 0.6) is 0 Å². The van der Waals surface area contributed by atoms with Crippen molar-refractivity contribution in [3.8, 4) is 10.4 Å². The molecule has 1 heterocycles. The van der Waals surface area contributed by atoms with E-state index in [9.17, 15) is 58.7 Å². The molecule has 0 N–H and O–H groups in total. The highest BCUT2D eigenvalue weighted by atomic mass is 32.2. The number of alkyl halides is 9. The van der Waals surface area contributed by atoms with Gasteiger partial charge in [0.25, 0.3) is 0 Å². The maximum atomic E-state index is 12.9. The number of thioether (sulfide) groups is 1. The topological polar surface area (TPSA) is 105 Å². The number of halogens is 9. The van der Waals surface area contributed by atoms with Gasteiger partial charge < -0.3 is 18.9 Å². The summed E-state index contributed by atoms with van der Waals surface area (Å²) in [5, 5.41) is 0. The van der Waals surface area contributed by atoms with Crippen molar-refractivity contribution in [2.45, 2.75) is 119 Å². The molecule has 2 aliphatic carbocycles. The Labute approximate surface area is 328 Å². The average molecular weight is 855 g/mol. The molecule has 4 unspecified atom stereocenters. The molecule has 0 spiro atoms. The molecule has 1 aromatic heterocycles. The molecule has 57 heavy (non-hydrogen) atoms. The van der Waals surface area contributed by atoms with Crippen LogP contribution in [0.3, 0.4) is 0 Å². The van der Waals surface area contributed by atoms with Gasteiger partial charge in [-0.15, -0.1) is 23.1 Å². The second kappa shape index (κ2) is 17.7. The zero-order chi connectivity index (χ0) is 41.9. The summed E-state index contributed by atoms with van der Waals surface area (Å²) in [5.41, 5.74) is 2.63. The molecule has 0 aliphatic heterocycles. The number of ether oxygens (including phenoxy) is 4. The molecule has 0 amide bonds. The molecule has 3 aromatic rings. The first-order valence-electron chi connectivity index (χ1n) is 17.6. The number of esters is 4. The van der Waals surface area contributed by atoms with E-state index in [-0.39, 0.29) is 43.2 Å². The fourth-order valence-electron chi connectivity index (χ4n) is 6.55. The number of thiophene rings is 1. The Balaban J connectivity index is 1.37. The van der Waals surface area contributed by atoms with E-state index in [0.29, 0.717) is 27.3 Å². The fraction of sp³-hybridized carbons (Fsp3) is 0.474. The molecular weight excluding hydrogens is 820 g/mol. The molecule has 5 rings (SSSR count). The lowest BCUT2D eigenvalue weighted by Gasteiger charge is -2.31. The van der Waals surface area contributed by atoms with Crippen LogP contribution in [0, 0.1) is 6.92 Å². The van der Waals surface area contributed by atoms with Crippen LogP contribution in [0.15, 0.2) is 47.4 Å². The number of carbonyl (C=O) groups excluding carboxylic acids is 4. The van der Waals surface area contributed by atoms with Crippen molar-refractivity contribution in [1.29, 1.82) is 0 Å². The molecule has 0 radical (unpaired) electrons. The van der Waals surface area contributed by atoms with Crippen molar-refractivity contribution >= 4 is 47.0 Å². The smallest absolute Gasteiger partial charge is 0.399 e. The summed E-state index contributed by atoms with van der Waals surface area (Å²) in [5.74, 6) is -4.61. The first-order valence-corrected chi connectivity index (χ1v) is 19.4. The van der Waals surface area contributed by atoms with E-state index in [1.54, 1.807) is 37.3 Å². The third-order valence-electron chi connectivity index (χ3n) is 8.98. The summed E-state index contributed by atoms with van der Waals surface area (Å²) in [7, 11) is 0. The first kappa shape index (κ1) is 43.9. The highest BCUT2D eigenvalue weighted by molar-refractivity contribution is 7.98. The highest BCUT2D eigenvalue weighted by Crippen LogP contribution is 2.46. The molecule has 19 heteroatoms. The standard InChI is InChI=1S/C38H35F9O8S2/c1-3-32(48)52-28-10-8-26(53-33(49)15-36(39,40)41)22-6-4-20(12-24(22)28)18-56-30-14-31(57-19(30)2)21-5-7-23-25(13-21)29(55-35(51)17-38(45,46)47)11-9-27(23)54-34(50)16-37(42,43)44/h4-7,12-14,26-29H,3,8-11,15-18H2,1-2H3. The largest absolute Gasteiger partial charge is 0.457 e. The van der Waals surface area contributed by atoms with Crippen LogP contribution in [0.1, 0.15) is 115 Å². The van der Waals surface area contributed by atoms with Gasteiger partial charge >= 0.3 is 42.4 Å². The van der Waals surface area contributed by atoms with Crippen LogP contribution in [0.2, 0.25) is 0 Å². The van der Waals surface area contributed by atoms with Gasteiger partial charge in [-0.2, -0.15) is 39.5 Å². The van der Waals surface area contributed by atoms with E-state index < -0.39 is 86.1 Å². The fourth-order valence-corrected chi connectivity index (χ4v) is 8.74. The lowest BCUT2D eigenvalue weighted by molar-refractivity contribution is -0.181. The van der Waals surface area contributed by atoms with Gasteiger partial charge in [0.1, 0.15) is 43.7 Å². The number of hydrogen-bond donors (Lipinski definition) is 0. The third-order valence-corrected chi connectivity index (χ3v) is 11.4. The van der Waals surface area contributed by atoms with Crippen molar-refractivity contribution in [3.63, 3.8) is 0 Å². The van der Waals surface area contributed by atoms with Crippen molar-refractivity contribution in [2.24, 2.45) is 0 Å². The number of rotatable bonds is 12. The normalized spacial score (nSPS) is 19.6. The number of aryl methyl sites for hydroxylation is 1. The monoisotopic (exact) mass is 854 g/mol. The van der Waals surface area contributed by atoms with Crippen molar-refractivity contribution < 1.29 is 77.6 Å². The van der Waals surface area contributed by atoms with Gasteiger partial charge in [-0.1, -0.05) is 37.3 Å². The minimum atomic E-state index is -4.84. The molecule has 0 fully saturated rings. The summed E-state index contributed by atoms with van der Waals surface area (Å²) in [6, 6.07) is 11.6. The van der Waals surface area contributed by atoms with Gasteiger partial charge in [-0.3, -0.25) is 19.2 Å². The summed E-state index contributed by atoms with van der Waals surface area (Å²) in [6.07, 6.45) is -23.7. The molecule has 0 saturated carbocycles. The molecular formula is C38H35F9O8S2. The van der Waals surface area contributed by atoms with Gasteiger partial charge in [-0.05, 0) is 78.1 Å². The minimum absolute atomic E-state index is 0.0925. The van der Waals surface area contributed by atoms with E-state index in [1.165, 1.54) is 29.2 Å². The maximum absolute atomic E-state index is 12.9. The molecule has 0 saturated heterocycles. The SMILES string of the molecule is CCC(=O)OC1CCC(OC(=O)CC(F)(F)F)c2ccc(CSc3cc(-c4ccc5c(c4)C(OC(=O)CC(F)(F)F)CCC5OC(=O)CC(F)(F)F)sc3C)cc21. The van der Waals surface area contributed by atoms with E-state index in [4.69, 9.17) is 18.9 Å². The van der Waals surface area contributed by atoms with Crippen molar-refractivity contribution in [1.82, 2.24) is 0 Å². The predicted octanol–water partition coefficient (Wildman–Crippen LogP) is 11.2. The summed E-state index contributed by atoms with van der Waals surface area (Å²) < 4.78 is 137. The van der Waals surface area contributed by atoms with Crippen LogP contribution in [-0.2, 0) is 43.9 Å². The maximum Gasteiger partial charge on any atom is 0.399 e. The molecule has 2 aliphatic rings. The Morgan fingerprint density at radius 3 is 1.49 bits per heavy atom. The predicted molar refractivity (Wildman–Crippen MR) is 187 cm³/mol. The van der Waals surface area contributed by atoms with Crippen LogP contribution < -0.4 is 0 Å². The van der Waals surface area contributed by atoms with Gasteiger partial charge in [-0.25, -0.2) is 0 Å². The van der Waals surface area contributed by atoms with Crippen LogP contribution in [-0.4, -0.2) is 42.4 Å². The molecule has 2 aromatic carbocycles. The van der Waals surface area contributed by atoms with Gasteiger partial charge in [0, 0.05) is 26.8 Å². The Morgan fingerprint density at radius 2 is 1.04 bits per heavy atom. The quantitative estimate of drug-likeness (QED) is 0.0762. The molecule has 0 bridgehead atoms. The third kappa shape index (κ3) is 12.4. The molecule has 4 atom stereocenters. The number of benzene rings is 2. The zero-order valence-electron chi connectivity index (χ0n) is 30.2. The second-order valence-electron chi connectivity index (χ2n) is 13.4. The zero-order valence-corrected chi connectivity index (χ0v) is 31.8. The summed E-state index contributed by atoms with van der Waals surface area (Å²) in [6.45, 7) is 3.46. The Kier molecular flexibility index (Phi) is 13.6. The Hall–Kier alpha value is -4.26. The first-order chi connectivity index (χ1) is 26.6. The number of carbonyl (C=O) groups is 4. The van der Waals surface area contributed by atoms with Crippen molar-refractivity contribution in [2.75, 3.05) is 0 Å². The molecule has 8 nitrogen and oxygen atoms in total. The second-order valence-corrected chi connectivity index (χ2v) is 15.7. The summed E-state index contributed by atoms with van der Waals surface area (Å²) >= 11 is 2.79. The van der Waals surface area contributed by atoms with E-state index in [1.807, 2.05) is 13.0 Å². The van der Waals surface area contributed by atoms with Crippen molar-refractivity contribution in [3.05, 3.63) is 75.2 Å². The number of hydrogen-bond acceptors (Lipinski definition) is 10. The highest BCUT2D eigenvalue weighted by Gasteiger charge is 2.39. The van der Waals surface area contributed by atoms with E-state index in [0.717, 1.165) is 15.3 Å². The lowest BCUT2D eigenvalue weighted by Crippen LogP contribution is -2.26. The Morgan fingerprint density at radius 1 is 0.614 bits per heavy atom. The van der Waals surface area contributed by atoms with Crippen LogP contribution >= 0.6 is 23.1 Å². The summed E-state index contributed by atoms with van der Waals surface area (Å²) in [4.78, 5) is 50.8. The van der Waals surface area contributed by atoms with Gasteiger partial charge in [0.15, 0.2) is 0 Å². The van der Waals surface area contributed by atoms with Gasteiger partial charge in [0.05, 0.1) is 0 Å². The average Bonchev–Trinajstić information content (AvgIpc) is 3.46. The van der Waals surface area contributed by atoms with Crippen LogP contribution in [0.25, 0.3) is 10.4 Å². The van der Waals surface area contributed by atoms with E-state index >= 15 is 0 Å². The number of fused-ring (bicyclic) bond motifs is 2. The molecule has 310 valence electrons. The van der Waals surface area contributed by atoms with Gasteiger partial charge in [0.2, 0.25) is 0 Å².